The van der Waals surface area contributed by atoms with Crippen molar-refractivity contribution in [2.75, 3.05) is 5.75 Å². The molecule has 0 fully saturated rings. The Labute approximate surface area is 180 Å². The van der Waals surface area contributed by atoms with Crippen LogP contribution in [0.2, 0.25) is 0 Å². The van der Waals surface area contributed by atoms with Gasteiger partial charge in [-0.25, -0.2) is 8.42 Å². The van der Waals surface area contributed by atoms with Crippen LogP contribution >= 0.6 is 11.8 Å². The van der Waals surface area contributed by atoms with Crippen molar-refractivity contribution in [1.29, 1.82) is 0 Å². The standard InChI is InChI=1S/C19H19F6NO3S2/c1-11-7-12(2)17(13(3)8-11)31(27,28)26-16(18(20,21)22)10-30-15-6-4-5-14(9-15)29-19(23,24)25/h4-9,16,26H,10H2,1-3H3. The van der Waals surface area contributed by atoms with Crippen LogP contribution in [-0.2, 0) is 10.0 Å². The minimum Gasteiger partial charge on any atom is -0.406 e. The second kappa shape index (κ2) is 9.29. The van der Waals surface area contributed by atoms with Gasteiger partial charge in [-0.05, 0) is 50.1 Å². The summed E-state index contributed by atoms with van der Waals surface area (Å²) in [6, 6.07) is 5.04. The molecule has 0 amide bonds. The third-order valence-electron chi connectivity index (χ3n) is 4.02. The number of aryl methyl sites for hydroxylation is 3. The molecule has 172 valence electrons. The number of hydrogen-bond acceptors (Lipinski definition) is 4. The number of halogens is 6. The van der Waals surface area contributed by atoms with Crippen molar-refractivity contribution in [2.24, 2.45) is 0 Å². The summed E-state index contributed by atoms with van der Waals surface area (Å²) in [5.74, 6) is -1.38. The second-order valence-corrected chi connectivity index (χ2v) is 9.52. The molecular formula is C19H19F6NO3S2. The van der Waals surface area contributed by atoms with Crippen LogP contribution in [0.4, 0.5) is 26.3 Å². The highest BCUT2D eigenvalue weighted by molar-refractivity contribution is 7.99. The Bertz CT molecular complexity index is 1010. The lowest BCUT2D eigenvalue weighted by molar-refractivity contribution is -0.274. The van der Waals surface area contributed by atoms with Gasteiger partial charge in [0.1, 0.15) is 11.8 Å². The van der Waals surface area contributed by atoms with Crippen LogP contribution in [0.3, 0.4) is 0 Å². The maximum absolute atomic E-state index is 13.5. The van der Waals surface area contributed by atoms with Gasteiger partial charge in [-0.3, -0.25) is 0 Å². The first kappa shape index (κ1) is 25.3. The molecule has 0 radical (unpaired) electrons. The summed E-state index contributed by atoms with van der Waals surface area (Å²) >= 11 is 0.548. The zero-order valence-corrected chi connectivity index (χ0v) is 18.2. The minimum absolute atomic E-state index is 0.0536. The molecule has 2 rings (SSSR count). The topological polar surface area (TPSA) is 55.4 Å². The molecule has 0 aliphatic rings. The lowest BCUT2D eigenvalue weighted by Gasteiger charge is -2.23. The first-order valence-electron chi connectivity index (χ1n) is 8.74. The molecule has 0 aliphatic carbocycles. The lowest BCUT2D eigenvalue weighted by Crippen LogP contribution is -2.47. The van der Waals surface area contributed by atoms with E-state index in [1.165, 1.54) is 26.0 Å². The number of sulfonamides is 1. The SMILES string of the molecule is Cc1cc(C)c(S(=O)(=O)NC(CSc2cccc(OC(F)(F)F)c2)C(F)(F)F)c(C)c1. The number of thioether (sulfide) groups is 1. The first-order valence-corrected chi connectivity index (χ1v) is 11.2. The maximum atomic E-state index is 13.5. The van der Waals surface area contributed by atoms with Crippen LogP contribution in [0.15, 0.2) is 46.2 Å². The molecule has 0 aliphatic heterocycles. The molecule has 2 aromatic carbocycles. The molecule has 0 aromatic heterocycles. The Kier molecular flexibility index (Phi) is 7.59. The van der Waals surface area contributed by atoms with Crippen molar-refractivity contribution in [2.45, 2.75) is 49.1 Å². The molecule has 0 spiro atoms. The van der Waals surface area contributed by atoms with Crippen molar-refractivity contribution in [3.05, 3.63) is 53.1 Å². The van der Waals surface area contributed by atoms with Gasteiger partial charge < -0.3 is 4.74 Å². The van der Waals surface area contributed by atoms with Crippen molar-refractivity contribution in [3.8, 4) is 5.75 Å². The van der Waals surface area contributed by atoms with E-state index in [1.54, 1.807) is 23.8 Å². The summed E-state index contributed by atoms with van der Waals surface area (Å²) in [7, 11) is -4.51. The van der Waals surface area contributed by atoms with E-state index in [0.717, 1.165) is 17.7 Å². The molecule has 0 saturated heterocycles. The average Bonchev–Trinajstić information content (AvgIpc) is 2.55. The van der Waals surface area contributed by atoms with Gasteiger partial charge in [0.15, 0.2) is 0 Å². The van der Waals surface area contributed by atoms with Gasteiger partial charge in [0, 0.05) is 10.6 Å². The molecule has 1 N–H and O–H groups in total. The molecule has 31 heavy (non-hydrogen) atoms. The predicted molar refractivity (Wildman–Crippen MR) is 105 cm³/mol. The Hall–Kier alpha value is -1.92. The van der Waals surface area contributed by atoms with E-state index in [-0.39, 0.29) is 9.79 Å². The Morgan fingerprint density at radius 1 is 1.00 bits per heavy atom. The fourth-order valence-corrected chi connectivity index (χ4v) is 5.76. The zero-order valence-electron chi connectivity index (χ0n) is 16.6. The van der Waals surface area contributed by atoms with Crippen LogP contribution in [-0.4, -0.2) is 32.8 Å². The summed E-state index contributed by atoms with van der Waals surface area (Å²) < 4.78 is 108. The largest absolute Gasteiger partial charge is 0.573 e. The van der Waals surface area contributed by atoms with E-state index in [1.807, 2.05) is 0 Å². The molecule has 12 heteroatoms. The van der Waals surface area contributed by atoms with Gasteiger partial charge in [0.25, 0.3) is 0 Å². The molecule has 1 atom stereocenters. The Balaban J connectivity index is 2.24. The van der Waals surface area contributed by atoms with E-state index < -0.39 is 40.1 Å². The van der Waals surface area contributed by atoms with Crippen LogP contribution in [0.5, 0.6) is 5.75 Å². The van der Waals surface area contributed by atoms with Crippen molar-refractivity contribution < 1.29 is 39.5 Å². The van der Waals surface area contributed by atoms with E-state index in [2.05, 4.69) is 4.74 Å². The number of rotatable bonds is 7. The summed E-state index contributed by atoms with van der Waals surface area (Å²) in [6.07, 6.45) is -9.87. The number of hydrogen-bond donors (Lipinski definition) is 1. The Morgan fingerprint density at radius 2 is 1.58 bits per heavy atom. The molecule has 0 saturated carbocycles. The van der Waals surface area contributed by atoms with E-state index >= 15 is 0 Å². The van der Waals surface area contributed by atoms with E-state index in [0.29, 0.717) is 22.9 Å². The monoisotopic (exact) mass is 487 g/mol. The predicted octanol–water partition coefficient (Wildman–Crippen LogP) is 5.51. The average molecular weight is 487 g/mol. The summed E-state index contributed by atoms with van der Waals surface area (Å²) in [6.45, 7) is 4.70. The number of nitrogens with one attached hydrogen (secondary N) is 1. The number of ether oxygens (including phenoxy) is 1. The number of alkyl halides is 6. The highest BCUT2D eigenvalue weighted by atomic mass is 32.2. The molecular weight excluding hydrogens is 468 g/mol. The summed E-state index contributed by atoms with van der Waals surface area (Å²) in [4.78, 5) is -0.184. The van der Waals surface area contributed by atoms with Crippen LogP contribution < -0.4 is 9.46 Å². The van der Waals surface area contributed by atoms with Crippen molar-refractivity contribution in [3.63, 3.8) is 0 Å². The van der Waals surface area contributed by atoms with Gasteiger partial charge in [-0.1, -0.05) is 23.8 Å². The Morgan fingerprint density at radius 3 is 2.10 bits per heavy atom. The quantitative estimate of drug-likeness (QED) is 0.413. The fourth-order valence-electron chi connectivity index (χ4n) is 2.97. The summed E-state index contributed by atoms with van der Waals surface area (Å²) in [5.41, 5.74) is 1.36. The second-order valence-electron chi connectivity index (χ2n) is 6.78. The normalized spacial score (nSPS) is 13.8. The highest BCUT2D eigenvalue weighted by Gasteiger charge is 2.42. The van der Waals surface area contributed by atoms with Gasteiger partial charge in [0.05, 0.1) is 4.90 Å². The van der Waals surface area contributed by atoms with Gasteiger partial charge in [-0.2, -0.15) is 17.9 Å². The van der Waals surface area contributed by atoms with Gasteiger partial charge in [0.2, 0.25) is 10.0 Å². The van der Waals surface area contributed by atoms with E-state index in [9.17, 15) is 34.8 Å². The van der Waals surface area contributed by atoms with Crippen LogP contribution in [0, 0.1) is 20.8 Å². The maximum Gasteiger partial charge on any atom is 0.573 e. The van der Waals surface area contributed by atoms with Gasteiger partial charge in [-0.15, -0.1) is 24.9 Å². The third-order valence-corrected chi connectivity index (χ3v) is 6.89. The smallest absolute Gasteiger partial charge is 0.406 e. The molecule has 1 unspecified atom stereocenters. The van der Waals surface area contributed by atoms with Crippen LogP contribution in [0.1, 0.15) is 16.7 Å². The van der Waals surface area contributed by atoms with Crippen molar-refractivity contribution >= 4 is 21.8 Å². The molecule has 0 heterocycles. The number of benzene rings is 2. The zero-order chi connectivity index (χ0) is 23.6. The van der Waals surface area contributed by atoms with Crippen LogP contribution in [0.25, 0.3) is 0 Å². The first-order chi connectivity index (χ1) is 14.1. The summed E-state index contributed by atoms with van der Waals surface area (Å²) in [5, 5.41) is 0. The lowest BCUT2D eigenvalue weighted by atomic mass is 10.1. The van der Waals surface area contributed by atoms with Crippen molar-refractivity contribution in [1.82, 2.24) is 4.72 Å². The van der Waals surface area contributed by atoms with Gasteiger partial charge >= 0.3 is 12.5 Å². The molecule has 2 aromatic rings. The minimum atomic E-state index is -4.95. The highest BCUT2D eigenvalue weighted by Crippen LogP contribution is 2.32. The fraction of sp³-hybridized carbons (Fsp3) is 0.368. The third kappa shape index (κ3) is 7.32. The molecule has 4 nitrogen and oxygen atoms in total. The molecule has 0 bridgehead atoms. The van der Waals surface area contributed by atoms with E-state index in [4.69, 9.17) is 0 Å².